The summed E-state index contributed by atoms with van der Waals surface area (Å²) in [5, 5.41) is 0. The minimum absolute atomic E-state index is 0.192. The summed E-state index contributed by atoms with van der Waals surface area (Å²) in [5.74, 6) is -0.181. The molecule has 2 aromatic rings. The first-order valence-corrected chi connectivity index (χ1v) is 5.31. The SMILES string of the molecule is NC(COc1ccccc1F)c1ccccn1. The fraction of sp³-hybridized carbons (Fsp3) is 0.154. The molecule has 0 saturated heterocycles. The van der Waals surface area contributed by atoms with Crippen LogP contribution in [-0.2, 0) is 0 Å². The van der Waals surface area contributed by atoms with E-state index >= 15 is 0 Å². The van der Waals surface area contributed by atoms with E-state index in [9.17, 15) is 4.39 Å². The van der Waals surface area contributed by atoms with Crippen LogP contribution < -0.4 is 10.5 Å². The van der Waals surface area contributed by atoms with E-state index in [1.165, 1.54) is 6.07 Å². The van der Waals surface area contributed by atoms with Crippen molar-refractivity contribution in [1.82, 2.24) is 4.98 Å². The van der Waals surface area contributed by atoms with Crippen molar-refractivity contribution in [1.29, 1.82) is 0 Å². The first-order chi connectivity index (χ1) is 8.27. The maximum Gasteiger partial charge on any atom is 0.165 e. The van der Waals surface area contributed by atoms with Crippen molar-refractivity contribution >= 4 is 0 Å². The molecule has 1 unspecified atom stereocenters. The van der Waals surface area contributed by atoms with E-state index in [2.05, 4.69) is 4.98 Å². The Balaban J connectivity index is 1.97. The van der Waals surface area contributed by atoms with Gasteiger partial charge in [0, 0.05) is 6.20 Å². The number of benzene rings is 1. The van der Waals surface area contributed by atoms with Crippen molar-refractivity contribution in [2.75, 3.05) is 6.61 Å². The molecule has 0 fully saturated rings. The molecule has 1 aromatic heterocycles. The number of halogens is 1. The van der Waals surface area contributed by atoms with Gasteiger partial charge < -0.3 is 10.5 Å². The highest BCUT2D eigenvalue weighted by Crippen LogP contribution is 2.17. The number of hydrogen-bond donors (Lipinski definition) is 1. The zero-order chi connectivity index (χ0) is 12.1. The second-order valence-corrected chi connectivity index (χ2v) is 3.60. The van der Waals surface area contributed by atoms with Gasteiger partial charge in [-0.3, -0.25) is 4.98 Å². The molecule has 17 heavy (non-hydrogen) atoms. The van der Waals surface area contributed by atoms with Crippen molar-refractivity contribution in [3.63, 3.8) is 0 Å². The second-order valence-electron chi connectivity index (χ2n) is 3.60. The Hall–Kier alpha value is -1.94. The summed E-state index contributed by atoms with van der Waals surface area (Å²) in [6, 6.07) is 11.4. The molecule has 0 aliphatic heterocycles. The molecule has 2 N–H and O–H groups in total. The lowest BCUT2D eigenvalue weighted by Crippen LogP contribution is -2.20. The first kappa shape index (κ1) is 11.5. The highest BCUT2D eigenvalue weighted by Gasteiger charge is 2.09. The molecule has 1 aromatic carbocycles. The normalized spacial score (nSPS) is 12.1. The van der Waals surface area contributed by atoms with Crippen LogP contribution in [0.15, 0.2) is 48.7 Å². The van der Waals surface area contributed by atoms with Crippen molar-refractivity contribution in [3.05, 3.63) is 60.2 Å². The van der Waals surface area contributed by atoms with E-state index in [1.807, 2.05) is 18.2 Å². The van der Waals surface area contributed by atoms with Gasteiger partial charge in [-0.1, -0.05) is 18.2 Å². The summed E-state index contributed by atoms with van der Waals surface area (Å²) in [5.41, 5.74) is 6.61. The van der Waals surface area contributed by atoms with E-state index in [0.717, 1.165) is 5.69 Å². The highest BCUT2D eigenvalue weighted by atomic mass is 19.1. The van der Waals surface area contributed by atoms with Crippen LogP contribution in [0.2, 0.25) is 0 Å². The Morgan fingerprint density at radius 2 is 1.94 bits per heavy atom. The summed E-state index contributed by atoms with van der Waals surface area (Å²) < 4.78 is 18.6. The third-order valence-corrected chi connectivity index (χ3v) is 2.32. The lowest BCUT2D eigenvalue weighted by atomic mass is 10.2. The number of hydrogen-bond acceptors (Lipinski definition) is 3. The molecule has 0 spiro atoms. The summed E-state index contributed by atoms with van der Waals surface area (Å²) in [4.78, 5) is 4.11. The van der Waals surface area contributed by atoms with Gasteiger partial charge in [0.2, 0.25) is 0 Å². The standard InChI is InChI=1S/C13H13FN2O/c14-10-5-1-2-7-13(10)17-9-11(15)12-6-3-4-8-16-12/h1-8,11H,9,15H2. The van der Waals surface area contributed by atoms with Gasteiger partial charge in [0.1, 0.15) is 6.61 Å². The average molecular weight is 232 g/mol. The first-order valence-electron chi connectivity index (χ1n) is 5.31. The Morgan fingerprint density at radius 1 is 1.18 bits per heavy atom. The number of ether oxygens (including phenoxy) is 1. The molecule has 0 aliphatic carbocycles. The van der Waals surface area contributed by atoms with Gasteiger partial charge in [0.15, 0.2) is 11.6 Å². The van der Waals surface area contributed by atoms with Gasteiger partial charge in [-0.15, -0.1) is 0 Å². The van der Waals surface area contributed by atoms with Gasteiger partial charge in [0.05, 0.1) is 11.7 Å². The third kappa shape index (κ3) is 3.01. The van der Waals surface area contributed by atoms with Crippen LogP contribution >= 0.6 is 0 Å². The molecule has 1 atom stereocenters. The van der Waals surface area contributed by atoms with E-state index in [1.54, 1.807) is 24.4 Å². The zero-order valence-electron chi connectivity index (χ0n) is 9.21. The van der Waals surface area contributed by atoms with Crippen molar-refractivity contribution < 1.29 is 9.13 Å². The topological polar surface area (TPSA) is 48.1 Å². The zero-order valence-corrected chi connectivity index (χ0v) is 9.21. The fourth-order valence-corrected chi connectivity index (χ4v) is 1.42. The summed E-state index contributed by atoms with van der Waals surface area (Å²) in [7, 11) is 0. The number of nitrogens with zero attached hydrogens (tertiary/aromatic N) is 1. The number of para-hydroxylation sites is 1. The maximum absolute atomic E-state index is 13.3. The maximum atomic E-state index is 13.3. The highest BCUT2D eigenvalue weighted by molar-refractivity contribution is 5.23. The van der Waals surface area contributed by atoms with Crippen LogP contribution in [0.3, 0.4) is 0 Å². The number of pyridine rings is 1. The van der Waals surface area contributed by atoms with Gasteiger partial charge in [0.25, 0.3) is 0 Å². The second kappa shape index (κ2) is 5.41. The molecule has 3 nitrogen and oxygen atoms in total. The number of aromatic nitrogens is 1. The Kier molecular flexibility index (Phi) is 3.67. The molecule has 0 saturated carbocycles. The predicted octanol–water partition coefficient (Wildman–Crippen LogP) is 2.30. The van der Waals surface area contributed by atoms with E-state index < -0.39 is 0 Å². The van der Waals surface area contributed by atoms with Crippen molar-refractivity contribution in [2.24, 2.45) is 5.73 Å². The Labute approximate surface area is 99.1 Å². The molecular weight excluding hydrogens is 219 g/mol. The lowest BCUT2D eigenvalue weighted by Gasteiger charge is -2.12. The molecule has 0 amide bonds. The van der Waals surface area contributed by atoms with Crippen LogP contribution in [0.1, 0.15) is 11.7 Å². The van der Waals surface area contributed by atoms with Gasteiger partial charge in [-0.25, -0.2) is 4.39 Å². The van der Waals surface area contributed by atoms with Crippen LogP contribution in [-0.4, -0.2) is 11.6 Å². The molecule has 1 heterocycles. The quantitative estimate of drug-likeness (QED) is 0.879. The Morgan fingerprint density at radius 3 is 2.65 bits per heavy atom. The minimum atomic E-state index is -0.388. The molecule has 0 aliphatic rings. The van der Waals surface area contributed by atoms with Crippen LogP contribution in [0.25, 0.3) is 0 Å². The summed E-state index contributed by atoms with van der Waals surface area (Å²) in [6.07, 6.45) is 1.66. The van der Waals surface area contributed by atoms with Gasteiger partial charge in [-0.2, -0.15) is 0 Å². The van der Waals surface area contributed by atoms with Crippen molar-refractivity contribution in [3.8, 4) is 5.75 Å². The van der Waals surface area contributed by atoms with Crippen molar-refractivity contribution in [2.45, 2.75) is 6.04 Å². The molecular formula is C13H13FN2O. The largest absolute Gasteiger partial charge is 0.488 e. The van der Waals surface area contributed by atoms with Crippen LogP contribution in [0.4, 0.5) is 4.39 Å². The Bertz CT molecular complexity index is 476. The minimum Gasteiger partial charge on any atom is -0.488 e. The molecule has 88 valence electrons. The van der Waals surface area contributed by atoms with Crippen LogP contribution in [0, 0.1) is 5.82 Å². The number of rotatable bonds is 4. The van der Waals surface area contributed by atoms with Gasteiger partial charge >= 0.3 is 0 Å². The number of nitrogens with two attached hydrogens (primary N) is 1. The fourth-order valence-electron chi connectivity index (χ4n) is 1.42. The molecule has 0 bridgehead atoms. The summed E-state index contributed by atoms with van der Waals surface area (Å²) >= 11 is 0. The van der Waals surface area contributed by atoms with E-state index in [0.29, 0.717) is 0 Å². The van der Waals surface area contributed by atoms with E-state index in [4.69, 9.17) is 10.5 Å². The smallest absolute Gasteiger partial charge is 0.165 e. The lowest BCUT2D eigenvalue weighted by molar-refractivity contribution is 0.275. The summed E-state index contributed by atoms with van der Waals surface area (Å²) in [6.45, 7) is 0.192. The third-order valence-electron chi connectivity index (χ3n) is 2.32. The average Bonchev–Trinajstić information content (AvgIpc) is 2.38. The van der Waals surface area contributed by atoms with Gasteiger partial charge in [-0.05, 0) is 24.3 Å². The molecule has 4 heteroatoms. The van der Waals surface area contributed by atoms with Crippen LogP contribution in [0.5, 0.6) is 5.75 Å². The van der Waals surface area contributed by atoms with E-state index in [-0.39, 0.29) is 24.2 Å². The predicted molar refractivity (Wildman–Crippen MR) is 63.1 cm³/mol. The molecule has 0 radical (unpaired) electrons. The monoisotopic (exact) mass is 232 g/mol. The molecule has 2 rings (SSSR count).